The van der Waals surface area contributed by atoms with Crippen LogP contribution in [0.25, 0.3) is 5.69 Å². The van der Waals surface area contributed by atoms with Crippen LogP contribution in [-0.2, 0) is 10.2 Å². The zero-order chi connectivity index (χ0) is 28.9. The van der Waals surface area contributed by atoms with Gasteiger partial charge in [0.2, 0.25) is 5.91 Å². The maximum atomic E-state index is 14.3. The van der Waals surface area contributed by atoms with Gasteiger partial charge in [0, 0.05) is 36.0 Å². The molecule has 0 radical (unpaired) electrons. The van der Waals surface area contributed by atoms with Gasteiger partial charge in [-0.2, -0.15) is 0 Å². The third-order valence-corrected chi connectivity index (χ3v) is 11.3. The monoisotopic (exact) mass is 567 g/mol. The molecule has 222 valence electrons. The van der Waals surface area contributed by atoms with Crippen LogP contribution in [-0.4, -0.2) is 40.3 Å². The van der Waals surface area contributed by atoms with Gasteiger partial charge in [-0.1, -0.05) is 18.2 Å². The summed E-state index contributed by atoms with van der Waals surface area (Å²) >= 11 is 0. The highest BCUT2D eigenvalue weighted by atomic mass is 16.5. The van der Waals surface area contributed by atoms with Gasteiger partial charge in [0.15, 0.2) is 0 Å². The second-order valence-corrected chi connectivity index (χ2v) is 13.9. The third kappa shape index (κ3) is 5.16. The van der Waals surface area contributed by atoms with Crippen LogP contribution in [0, 0.1) is 18.3 Å². The van der Waals surface area contributed by atoms with Crippen molar-refractivity contribution in [3.63, 3.8) is 0 Å². The summed E-state index contributed by atoms with van der Waals surface area (Å²) in [5, 5.41) is 10.1. The first-order valence-corrected chi connectivity index (χ1v) is 16.2. The minimum Gasteiger partial charge on any atom is -0.496 e. The van der Waals surface area contributed by atoms with Gasteiger partial charge < -0.3 is 19.3 Å². The summed E-state index contributed by atoms with van der Waals surface area (Å²) in [5.74, 6) is 1.80. The van der Waals surface area contributed by atoms with E-state index < -0.39 is 0 Å². The van der Waals surface area contributed by atoms with E-state index in [4.69, 9.17) is 4.74 Å². The Bertz CT molecular complexity index is 1420. The zero-order valence-electron chi connectivity index (χ0n) is 25.2. The Morgan fingerprint density at radius 1 is 1.00 bits per heavy atom. The van der Waals surface area contributed by atoms with Gasteiger partial charge in [-0.15, -0.1) is 0 Å². The average molecular weight is 568 g/mol. The number of amides is 1. The predicted molar refractivity (Wildman–Crippen MR) is 165 cm³/mol. The Morgan fingerprint density at radius 3 is 2.40 bits per heavy atom. The molecule has 2 aromatic carbocycles. The standard InChI is InChI=1S/C36H45N3O3/c1-25-20-28(10-13-33(25)42-2)36-17-14-35(15-18-36,16-19-36)23-39(34(41)27-8-11-31(40)12-9-27)30-5-3-4-29(21-30)38-22-32(37-24-38)26-6-7-26/h3-5,10,13,20-22,24,26-27,31,40H,6-9,11-12,14-19,23H2,1-2H3. The number of carbonyl (C=O) groups is 1. The molecule has 1 N–H and O–H groups in total. The van der Waals surface area contributed by atoms with Crippen molar-refractivity contribution < 1.29 is 14.6 Å². The van der Waals surface area contributed by atoms with Crippen LogP contribution in [0.3, 0.4) is 0 Å². The second kappa shape index (κ2) is 10.9. The van der Waals surface area contributed by atoms with Crippen LogP contribution < -0.4 is 9.64 Å². The zero-order valence-corrected chi connectivity index (χ0v) is 25.2. The molecular formula is C36H45N3O3. The van der Waals surface area contributed by atoms with E-state index in [1.807, 2.05) is 6.33 Å². The maximum Gasteiger partial charge on any atom is 0.230 e. The minimum absolute atomic E-state index is 0.0169. The van der Waals surface area contributed by atoms with Crippen molar-refractivity contribution in [2.75, 3.05) is 18.6 Å². The number of aryl methyl sites for hydroxylation is 1. The number of hydrogen-bond donors (Lipinski definition) is 1. The van der Waals surface area contributed by atoms with Crippen molar-refractivity contribution in [3.05, 3.63) is 71.8 Å². The number of rotatable bonds is 8. The van der Waals surface area contributed by atoms with Crippen molar-refractivity contribution in [3.8, 4) is 11.4 Å². The van der Waals surface area contributed by atoms with E-state index in [2.05, 4.69) is 70.0 Å². The molecule has 42 heavy (non-hydrogen) atoms. The number of benzene rings is 2. The Labute approximate surface area is 250 Å². The number of hydrogen-bond acceptors (Lipinski definition) is 4. The fourth-order valence-electron chi connectivity index (χ4n) is 8.21. The van der Waals surface area contributed by atoms with Gasteiger partial charge in [0.05, 0.1) is 25.2 Å². The molecule has 6 nitrogen and oxygen atoms in total. The molecule has 5 aliphatic carbocycles. The molecule has 8 rings (SSSR count). The van der Waals surface area contributed by atoms with Gasteiger partial charge in [-0.3, -0.25) is 4.79 Å². The van der Waals surface area contributed by atoms with Gasteiger partial charge in [0.25, 0.3) is 0 Å². The number of aromatic nitrogens is 2. The number of nitrogens with zero attached hydrogens (tertiary/aromatic N) is 3. The normalized spacial score (nSPS) is 28.9. The molecule has 5 aliphatic rings. The lowest BCUT2D eigenvalue weighted by atomic mass is 9.51. The number of ether oxygens (including phenoxy) is 1. The highest BCUT2D eigenvalue weighted by molar-refractivity contribution is 5.95. The van der Waals surface area contributed by atoms with E-state index in [0.29, 0.717) is 5.92 Å². The SMILES string of the molecule is COc1ccc(C23CCC(CN(C(=O)C4CCC(O)CC4)c4cccc(-n5cnc(C6CC6)c5)c4)(CC2)CC3)cc1C. The number of aliphatic hydroxyl groups excluding tert-OH is 1. The summed E-state index contributed by atoms with van der Waals surface area (Å²) < 4.78 is 7.65. The molecule has 1 heterocycles. The fraction of sp³-hybridized carbons (Fsp3) is 0.556. The van der Waals surface area contributed by atoms with Crippen LogP contribution in [0.15, 0.2) is 55.0 Å². The van der Waals surface area contributed by atoms with Crippen molar-refractivity contribution in [1.82, 2.24) is 9.55 Å². The minimum atomic E-state index is -0.266. The van der Waals surface area contributed by atoms with Crippen LogP contribution in [0.4, 0.5) is 5.69 Å². The van der Waals surface area contributed by atoms with Crippen LogP contribution in [0.1, 0.15) is 99.8 Å². The lowest BCUT2D eigenvalue weighted by molar-refractivity contribution is -0.124. The van der Waals surface area contributed by atoms with Gasteiger partial charge in [-0.05, 0) is 130 Å². The highest BCUT2D eigenvalue weighted by Crippen LogP contribution is 2.58. The van der Waals surface area contributed by atoms with Crippen molar-refractivity contribution in [1.29, 1.82) is 0 Å². The van der Waals surface area contributed by atoms with Crippen molar-refractivity contribution in [2.24, 2.45) is 11.3 Å². The summed E-state index contributed by atoms with van der Waals surface area (Å²) in [6.07, 6.45) is 16.2. The molecular weight excluding hydrogens is 522 g/mol. The molecule has 0 aliphatic heterocycles. The maximum absolute atomic E-state index is 14.3. The number of methoxy groups -OCH3 is 1. The number of imidazole rings is 1. The highest BCUT2D eigenvalue weighted by Gasteiger charge is 2.50. The quantitative estimate of drug-likeness (QED) is 0.312. The Kier molecular flexibility index (Phi) is 7.16. The molecule has 0 atom stereocenters. The lowest BCUT2D eigenvalue weighted by Crippen LogP contribution is -2.51. The predicted octanol–water partition coefficient (Wildman–Crippen LogP) is 7.24. The third-order valence-electron chi connectivity index (χ3n) is 11.3. The van der Waals surface area contributed by atoms with Crippen LogP contribution >= 0.6 is 0 Å². The number of anilines is 1. The van der Waals surface area contributed by atoms with E-state index in [-0.39, 0.29) is 28.8 Å². The molecule has 2 bridgehead atoms. The molecule has 1 aromatic heterocycles. The Hall–Kier alpha value is -3.12. The fourth-order valence-corrected chi connectivity index (χ4v) is 8.21. The molecule has 0 spiro atoms. The van der Waals surface area contributed by atoms with Gasteiger partial charge in [0.1, 0.15) is 5.75 Å². The Balaban J connectivity index is 1.15. The Morgan fingerprint density at radius 2 is 1.74 bits per heavy atom. The summed E-state index contributed by atoms with van der Waals surface area (Å²) in [5.41, 5.74) is 6.29. The molecule has 6 heteroatoms. The molecule has 0 unspecified atom stereocenters. The second-order valence-electron chi connectivity index (χ2n) is 13.9. The number of fused-ring (bicyclic) bond motifs is 3. The van der Waals surface area contributed by atoms with Gasteiger partial charge >= 0.3 is 0 Å². The topological polar surface area (TPSA) is 67.6 Å². The molecule has 3 aromatic rings. The molecule has 5 saturated carbocycles. The van der Waals surface area contributed by atoms with E-state index in [1.54, 1.807) is 7.11 Å². The van der Waals surface area contributed by atoms with E-state index in [1.165, 1.54) is 48.9 Å². The van der Waals surface area contributed by atoms with E-state index in [0.717, 1.165) is 68.6 Å². The summed E-state index contributed by atoms with van der Waals surface area (Å²) in [6, 6.07) is 15.3. The largest absolute Gasteiger partial charge is 0.496 e. The van der Waals surface area contributed by atoms with E-state index in [9.17, 15) is 9.90 Å². The van der Waals surface area contributed by atoms with Crippen molar-refractivity contribution in [2.45, 2.75) is 101 Å². The molecule has 0 saturated heterocycles. The first kappa shape index (κ1) is 27.7. The van der Waals surface area contributed by atoms with Crippen LogP contribution in [0.2, 0.25) is 0 Å². The molecule has 1 amide bonds. The average Bonchev–Trinajstić information content (AvgIpc) is 3.76. The summed E-state index contributed by atoms with van der Waals surface area (Å²) in [4.78, 5) is 21.1. The van der Waals surface area contributed by atoms with Gasteiger partial charge in [-0.25, -0.2) is 4.98 Å². The van der Waals surface area contributed by atoms with Crippen molar-refractivity contribution >= 4 is 11.6 Å². The number of aliphatic hydroxyl groups is 1. The first-order valence-electron chi connectivity index (χ1n) is 16.2. The van der Waals surface area contributed by atoms with E-state index >= 15 is 0 Å². The van der Waals surface area contributed by atoms with Crippen LogP contribution in [0.5, 0.6) is 5.75 Å². The number of carbonyl (C=O) groups excluding carboxylic acids is 1. The first-order chi connectivity index (χ1) is 20.4. The summed E-state index contributed by atoms with van der Waals surface area (Å²) in [6.45, 7) is 2.93. The smallest absolute Gasteiger partial charge is 0.230 e. The summed E-state index contributed by atoms with van der Waals surface area (Å²) in [7, 11) is 1.74. The molecule has 5 fully saturated rings. The lowest BCUT2D eigenvalue weighted by Gasteiger charge is -2.55.